The highest BCUT2D eigenvalue weighted by molar-refractivity contribution is 5.66. The lowest BCUT2D eigenvalue weighted by Crippen LogP contribution is -2.00. The first-order chi connectivity index (χ1) is 11.1. The molecule has 0 aromatic rings. The Labute approximate surface area is 140 Å². The van der Waals surface area contributed by atoms with Gasteiger partial charge in [0.05, 0.1) is 4.92 Å². The molecule has 0 aromatic carbocycles. The summed E-state index contributed by atoms with van der Waals surface area (Å²) < 4.78 is 0. The van der Waals surface area contributed by atoms with Gasteiger partial charge in [-0.1, -0.05) is 58.3 Å². The molecule has 0 spiro atoms. The van der Waals surface area contributed by atoms with E-state index in [0.717, 1.165) is 19.3 Å². The highest BCUT2D eigenvalue weighted by atomic mass is 16.6. The van der Waals surface area contributed by atoms with Crippen LogP contribution in [-0.4, -0.2) is 16.0 Å². The molecule has 0 bridgehead atoms. The molecule has 5 heteroatoms. The van der Waals surface area contributed by atoms with Crippen molar-refractivity contribution in [1.29, 1.82) is 0 Å². The second-order valence-corrected chi connectivity index (χ2v) is 6.17. The van der Waals surface area contributed by atoms with Gasteiger partial charge in [-0.2, -0.15) is 0 Å². The van der Waals surface area contributed by atoms with Crippen molar-refractivity contribution < 1.29 is 14.8 Å². The maximum atomic E-state index is 10.9. The molecular formula is C18H33NO4. The van der Waals surface area contributed by atoms with Crippen LogP contribution in [0.15, 0.2) is 11.8 Å². The molecule has 0 unspecified atom stereocenters. The first kappa shape index (κ1) is 21.6. The summed E-state index contributed by atoms with van der Waals surface area (Å²) in [6.07, 6.45) is 15.2. The minimum atomic E-state index is -0.841. The monoisotopic (exact) mass is 327 g/mol. The fourth-order valence-electron chi connectivity index (χ4n) is 2.57. The summed E-state index contributed by atoms with van der Waals surface area (Å²) in [6.45, 7) is 2.22. The van der Waals surface area contributed by atoms with Gasteiger partial charge in [-0.05, 0) is 31.8 Å². The van der Waals surface area contributed by atoms with Crippen LogP contribution in [0.1, 0.15) is 96.8 Å². The molecule has 0 fully saturated rings. The molecule has 0 atom stereocenters. The lowest BCUT2D eigenvalue weighted by atomic mass is 10.1. The van der Waals surface area contributed by atoms with Crippen molar-refractivity contribution in [2.75, 3.05) is 0 Å². The number of rotatable bonds is 16. The molecule has 1 N–H and O–H groups in total. The number of carboxylic acid groups (broad SMARTS) is 1. The van der Waals surface area contributed by atoms with Gasteiger partial charge in [0.15, 0.2) is 0 Å². The topological polar surface area (TPSA) is 80.4 Å². The van der Waals surface area contributed by atoms with E-state index in [1.54, 1.807) is 6.08 Å². The van der Waals surface area contributed by atoms with E-state index in [-0.39, 0.29) is 17.0 Å². The minimum Gasteiger partial charge on any atom is -0.481 e. The van der Waals surface area contributed by atoms with Crippen molar-refractivity contribution in [2.45, 2.75) is 96.8 Å². The Morgan fingerprint density at radius 1 is 0.913 bits per heavy atom. The number of nitro groups is 1. The second kappa shape index (κ2) is 15.5. The van der Waals surface area contributed by atoms with E-state index in [2.05, 4.69) is 6.92 Å². The number of hydrogen-bond acceptors (Lipinski definition) is 3. The van der Waals surface area contributed by atoms with Crippen molar-refractivity contribution in [3.05, 3.63) is 21.9 Å². The number of carboxylic acids is 1. The smallest absolute Gasteiger partial charge is 0.303 e. The minimum absolute atomic E-state index is 0.0866. The zero-order valence-corrected chi connectivity index (χ0v) is 14.6. The van der Waals surface area contributed by atoms with Gasteiger partial charge < -0.3 is 5.11 Å². The van der Waals surface area contributed by atoms with Crippen LogP contribution in [0.25, 0.3) is 0 Å². The average Bonchev–Trinajstić information content (AvgIpc) is 2.50. The van der Waals surface area contributed by atoms with Crippen LogP contribution in [0.4, 0.5) is 0 Å². The zero-order valence-electron chi connectivity index (χ0n) is 14.6. The number of allylic oxidation sites excluding steroid dienone is 2. The van der Waals surface area contributed by atoms with Crippen molar-refractivity contribution in [2.24, 2.45) is 0 Å². The molecule has 0 saturated heterocycles. The maximum Gasteiger partial charge on any atom is 0.303 e. The fourth-order valence-corrected chi connectivity index (χ4v) is 2.57. The SMILES string of the molecule is CCCCCCCCCCC/C=C(/CCCCC(=O)O)[N+](=O)[O-]. The molecule has 23 heavy (non-hydrogen) atoms. The lowest BCUT2D eigenvalue weighted by molar-refractivity contribution is -0.428. The van der Waals surface area contributed by atoms with Gasteiger partial charge in [0.2, 0.25) is 5.70 Å². The molecule has 0 amide bonds. The van der Waals surface area contributed by atoms with Gasteiger partial charge >= 0.3 is 5.97 Å². The van der Waals surface area contributed by atoms with E-state index in [0.29, 0.717) is 19.3 Å². The van der Waals surface area contributed by atoms with Crippen LogP contribution < -0.4 is 0 Å². The molecule has 0 heterocycles. The number of carbonyl (C=O) groups is 1. The Kier molecular flexibility index (Phi) is 14.6. The van der Waals surface area contributed by atoms with E-state index < -0.39 is 5.97 Å². The van der Waals surface area contributed by atoms with Gasteiger partial charge in [-0.3, -0.25) is 14.9 Å². The molecule has 5 nitrogen and oxygen atoms in total. The molecular weight excluding hydrogens is 294 g/mol. The first-order valence-electron chi connectivity index (χ1n) is 9.13. The Bertz CT molecular complexity index is 353. The van der Waals surface area contributed by atoms with Crippen LogP contribution in [0.3, 0.4) is 0 Å². The number of nitrogens with zero attached hydrogens (tertiary/aromatic N) is 1. The molecule has 0 radical (unpaired) electrons. The Hall–Kier alpha value is -1.39. The van der Waals surface area contributed by atoms with E-state index in [4.69, 9.17) is 5.11 Å². The highest BCUT2D eigenvalue weighted by Gasteiger charge is 2.10. The van der Waals surface area contributed by atoms with Gasteiger partial charge in [0.1, 0.15) is 0 Å². The van der Waals surface area contributed by atoms with Crippen LogP contribution in [0.2, 0.25) is 0 Å². The number of aliphatic carboxylic acids is 1. The van der Waals surface area contributed by atoms with Crippen LogP contribution in [0, 0.1) is 10.1 Å². The van der Waals surface area contributed by atoms with Gasteiger partial charge in [0, 0.05) is 12.8 Å². The number of unbranched alkanes of at least 4 members (excludes halogenated alkanes) is 10. The molecule has 134 valence electrons. The van der Waals surface area contributed by atoms with E-state index in [1.165, 1.54) is 44.9 Å². The summed E-state index contributed by atoms with van der Waals surface area (Å²) >= 11 is 0. The quantitative estimate of drug-likeness (QED) is 0.223. The lowest BCUT2D eigenvalue weighted by Gasteiger charge is -2.01. The number of hydrogen-bond donors (Lipinski definition) is 1. The fraction of sp³-hybridized carbons (Fsp3) is 0.833. The summed E-state index contributed by atoms with van der Waals surface area (Å²) in [5.74, 6) is -0.841. The van der Waals surface area contributed by atoms with Crippen LogP contribution in [-0.2, 0) is 4.79 Å². The van der Waals surface area contributed by atoms with E-state index in [9.17, 15) is 14.9 Å². The predicted molar refractivity (Wildman–Crippen MR) is 93.0 cm³/mol. The molecule has 0 rings (SSSR count). The Balaban J connectivity index is 3.66. The van der Waals surface area contributed by atoms with Gasteiger partial charge in [0.25, 0.3) is 0 Å². The van der Waals surface area contributed by atoms with Crippen molar-refractivity contribution in [3.8, 4) is 0 Å². The molecule has 0 aromatic heterocycles. The normalized spacial score (nSPS) is 11.6. The van der Waals surface area contributed by atoms with E-state index >= 15 is 0 Å². The second-order valence-electron chi connectivity index (χ2n) is 6.17. The third-order valence-electron chi connectivity index (χ3n) is 4.00. The van der Waals surface area contributed by atoms with Gasteiger partial charge in [-0.15, -0.1) is 0 Å². The molecule has 0 aliphatic carbocycles. The van der Waals surface area contributed by atoms with Crippen LogP contribution in [0.5, 0.6) is 0 Å². The third kappa shape index (κ3) is 15.3. The summed E-state index contributed by atoms with van der Waals surface area (Å²) in [4.78, 5) is 21.0. The predicted octanol–water partition coefficient (Wildman–Crippen LogP) is 5.71. The third-order valence-corrected chi connectivity index (χ3v) is 4.00. The Morgan fingerprint density at radius 2 is 1.43 bits per heavy atom. The van der Waals surface area contributed by atoms with E-state index in [1.807, 2.05) is 0 Å². The molecule has 0 aliphatic rings. The molecule has 0 saturated carbocycles. The van der Waals surface area contributed by atoms with Crippen molar-refractivity contribution >= 4 is 5.97 Å². The zero-order chi connectivity index (χ0) is 17.3. The Morgan fingerprint density at radius 3 is 1.96 bits per heavy atom. The van der Waals surface area contributed by atoms with Crippen LogP contribution >= 0.6 is 0 Å². The highest BCUT2D eigenvalue weighted by Crippen LogP contribution is 2.14. The molecule has 0 aliphatic heterocycles. The first-order valence-corrected chi connectivity index (χ1v) is 9.13. The summed E-state index contributed by atoms with van der Waals surface area (Å²) in [5.41, 5.74) is 0.245. The van der Waals surface area contributed by atoms with Crippen molar-refractivity contribution in [1.82, 2.24) is 0 Å². The summed E-state index contributed by atoms with van der Waals surface area (Å²) in [5, 5.41) is 19.5. The van der Waals surface area contributed by atoms with Crippen molar-refractivity contribution in [3.63, 3.8) is 0 Å². The summed E-state index contributed by atoms with van der Waals surface area (Å²) in [7, 11) is 0. The largest absolute Gasteiger partial charge is 0.481 e. The summed E-state index contributed by atoms with van der Waals surface area (Å²) in [6, 6.07) is 0. The van der Waals surface area contributed by atoms with Gasteiger partial charge in [-0.25, -0.2) is 0 Å². The maximum absolute atomic E-state index is 10.9. The average molecular weight is 327 g/mol. The standard InChI is InChI=1S/C18H33NO4/c1-2-3-4-5-6-7-8-9-10-11-14-17(19(22)23)15-12-13-16-18(20)21/h14H,2-13,15-16H2,1H3,(H,20,21)/b17-14-.